The number of nitrogens with zero attached hydrogens (tertiary/aromatic N) is 1. The van der Waals surface area contributed by atoms with Crippen molar-refractivity contribution in [3.8, 4) is 5.75 Å². The van der Waals surface area contributed by atoms with Crippen LogP contribution in [0.25, 0.3) is 0 Å². The van der Waals surface area contributed by atoms with Gasteiger partial charge in [-0.15, -0.1) is 11.3 Å². The molecule has 2 spiro atoms. The number of anilines is 1. The summed E-state index contributed by atoms with van der Waals surface area (Å²) < 4.78 is 5.31. The summed E-state index contributed by atoms with van der Waals surface area (Å²) in [6, 6.07) is 20.9. The molecule has 7 nitrogen and oxygen atoms in total. The molecule has 8 heteroatoms. The van der Waals surface area contributed by atoms with Crippen molar-refractivity contribution in [3.05, 3.63) is 106 Å². The quantitative estimate of drug-likeness (QED) is 0.161. The van der Waals surface area contributed by atoms with Gasteiger partial charge in [-0.3, -0.25) is 4.79 Å². The molecule has 8 atom stereocenters. The van der Waals surface area contributed by atoms with E-state index in [1.54, 1.807) is 23.3 Å². The Bertz CT molecular complexity index is 1900. The number of rotatable bonds is 8. The number of fused-ring (bicyclic) bond motifs is 1. The largest absolute Gasteiger partial charge is 0.497 e. The number of urea groups is 1. The summed E-state index contributed by atoms with van der Waals surface area (Å²) in [5.74, 6) is 1.02. The van der Waals surface area contributed by atoms with E-state index in [1.165, 1.54) is 0 Å². The number of aryl methyl sites for hydroxylation is 1. The molecule has 0 radical (unpaired) electrons. The molecule has 2 bridgehead atoms. The van der Waals surface area contributed by atoms with Crippen molar-refractivity contribution < 1.29 is 24.5 Å². The number of nitrogens with one attached hydrogen (secondary N) is 1. The Kier molecular flexibility index (Phi) is 8.21. The predicted molar refractivity (Wildman–Crippen MR) is 201 cm³/mol. The van der Waals surface area contributed by atoms with Crippen LogP contribution in [0.1, 0.15) is 78.9 Å². The fourth-order valence-electron chi connectivity index (χ4n) is 11.5. The van der Waals surface area contributed by atoms with Crippen molar-refractivity contribution in [2.24, 2.45) is 33.5 Å². The first-order valence-electron chi connectivity index (χ1n) is 18.6. The first kappa shape index (κ1) is 34.4. The van der Waals surface area contributed by atoms with Gasteiger partial charge in [0.05, 0.1) is 30.2 Å². The highest BCUT2D eigenvalue weighted by Gasteiger charge is 2.74. The third-order valence-electron chi connectivity index (χ3n) is 14.2. The highest BCUT2D eigenvalue weighted by Crippen LogP contribution is 2.78. The minimum atomic E-state index is -1.18. The lowest BCUT2D eigenvalue weighted by Crippen LogP contribution is -2.67. The van der Waals surface area contributed by atoms with Gasteiger partial charge >= 0.3 is 6.03 Å². The minimum absolute atomic E-state index is 0.00598. The second kappa shape index (κ2) is 12.2. The van der Waals surface area contributed by atoms with Crippen LogP contribution in [0.2, 0.25) is 0 Å². The topological polar surface area (TPSA) is 99.1 Å². The van der Waals surface area contributed by atoms with E-state index in [1.807, 2.05) is 73.7 Å². The summed E-state index contributed by atoms with van der Waals surface area (Å²) in [5.41, 5.74) is -0.249. The molecule has 9 rings (SSSR count). The van der Waals surface area contributed by atoms with Gasteiger partial charge in [0.2, 0.25) is 0 Å². The molecule has 6 aliphatic rings. The monoisotopic (exact) mass is 706 g/mol. The van der Waals surface area contributed by atoms with Crippen LogP contribution in [-0.4, -0.2) is 52.3 Å². The molecular formula is C43H50N2O5S. The number of hydrogen-bond donors (Lipinski definition) is 3. The molecule has 6 aliphatic carbocycles. The third kappa shape index (κ3) is 5.11. The van der Waals surface area contributed by atoms with Crippen molar-refractivity contribution in [2.75, 3.05) is 19.0 Å². The van der Waals surface area contributed by atoms with E-state index in [-0.39, 0.29) is 41.0 Å². The summed E-state index contributed by atoms with van der Waals surface area (Å²) in [4.78, 5) is 32.5. The van der Waals surface area contributed by atoms with Crippen molar-refractivity contribution in [1.82, 2.24) is 4.90 Å². The first-order chi connectivity index (χ1) is 24.4. The van der Waals surface area contributed by atoms with E-state index < -0.39 is 22.5 Å². The summed E-state index contributed by atoms with van der Waals surface area (Å²) in [7, 11) is 1.61. The molecule has 2 aromatic carbocycles. The molecular weight excluding hydrogens is 657 g/mol. The summed E-state index contributed by atoms with van der Waals surface area (Å²) in [6.07, 6.45) is 11.9. The van der Waals surface area contributed by atoms with Gasteiger partial charge in [0.1, 0.15) is 5.75 Å². The lowest BCUT2D eigenvalue weighted by atomic mass is 9.32. The van der Waals surface area contributed by atoms with Gasteiger partial charge in [-0.2, -0.15) is 0 Å². The van der Waals surface area contributed by atoms with Gasteiger partial charge in [0, 0.05) is 38.9 Å². The second-order valence-electron chi connectivity index (χ2n) is 16.6. The normalized spacial score (nSPS) is 36.0. The fourth-order valence-corrected chi connectivity index (χ4v) is 12.3. The van der Waals surface area contributed by atoms with Crippen molar-refractivity contribution in [3.63, 3.8) is 0 Å². The molecule has 2 amide bonds. The smallest absolute Gasteiger partial charge is 0.322 e. The minimum Gasteiger partial charge on any atom is -0.497 e. The maximum atomic E-state index is 14.8. The van der Waals surface area contributed by atoms with Crippen LogP contribution in [0, 0.1) is 40.4 Å². The van der Waals surface area contributed by atoms with Crippen LogP contribution in [-0.2, 0) is 6.54 Å². The number of allylic oxidation sites excluding steroid dienone is 4. The molecule has 268 valence electrons. The predicted octanol–water partition coefficient (Wildman–Crippen LogP) is 8.57. The van der Waals surface area contributed by atoms with Gasteiger partial charge in [0.15, 0.2) is 5.78 Å². The molecule has 0 saturated heterocycles. The van der Waals surface area contributed by atoms with Gasteiger partial charge in [-0.1, -0.05) is 62.4 Å². The first-order valence-corrected chi connectivity index (χ1v) is 19.4. The van der Waals surface area contributed by atoms with Gasteiger partial charge < -0.3 is 25.2 Å². The number of thiophene rings is 1. The molecule has 3 fully saturated rings. The summed E-state index contributed by atoms with van der Waals surface area (Å²) in [5, 5.41) is 27.1. The third-order valence-corrected chi connectivity index (χ3v) is 15.2. The van der Waals surface area contributed by atoms with E-state index in [9.17, 15) is 19.8 Å². The summed E-state index contributed by atoms with van der Waals surface area (Å²) in [6.45, 7) is 7.20. The number of carbonyl (C=O) groups is 2. The molecule has 1 heterocycles. The number of amides is 2. The maximum Gasteiger partial charge on any atom is 0.322 e. The Balaban J connectivity index is 1.17. The highest BCUT2D eigenvalue weighted by atomic mass is 32.1. The Hall–Kier alpha value is -3.72. The number of aliphatic hydroxyl groups is 2. The molecule has 3 N–H and O–H groups in total. The number of ketones is 1. The van der Waals surface area contributed by atoms with Crippen LogP contribution >= 0.6 is 11.3 Å². The van der Waals surface area contributed by atoms with Crippen molar-refractivity contribution in [1.29, 1.82) is 0 Å². The van der Waals surface area contributed by atoms with Crippen LogP contribution in [0.5, 0.6) is 5.75 Å². The zero-order valence-electron chi connectivity index (χ0n) is 30.2. The van der Waals surface area contributed by atoms with Crippen LogP contribution in [0.15, 0.2) is 90.5 Å². The van der Waals surface area contributed by atoms with Crippen molar-refractivity contribution in [2.45, 2.75) is 84.0 Å². The maximum absolute atomic E-state index is 14.8. The Morgan fingerprint density at radius 2 is 1.63 bits per heavy atom. The number of carbonyl (C=O) groups excluding carboxylic acids is 2. The standard InChI is InChI=1S/C43H50N2O5S/c1-28-10-15-34(51-28)37(47)33-25-41-22-23-43(33)35(39(41,2)19-16-31(46)24-41)17-20-40(3)36(43)18-21-42(40,49)27-45(26-29-8-6-5-7-9-29)38(48)44-30-11-13-32(50-4)14-12-30/h5-15,22-23,25,31,35-36,46,49H,16-21,24,26-27H2,1-4H3,(H,44,48). The molecule has 0 aliphatic heterocycles. The van der Waals surface area contributed by atoms with E-state index >= 15 is 0 Å². The number of hydrogen-bond acceptors (Lipinski definition) is 6. The average Bonchev–Trinajstić information content (AvgIpc) is 3.68. The molecule has 3 aromatic rings. The van der Waals surface area contributed by atoms with E-state index in [2.05, 4.69) is 37.4 Å². The molecule has 3 saturated carbocycles. The Morgan fingerprint density at radius 1 is 0.922 bits per heavy atom. The van der Waals surface area contributed by atoms with E-state index in [0.717, 1.165) is 53.0 Å². The highest BCUT2D eigenvalue weighted by molar-refractivity contribution is 7.14. The average molecular weight is 707 g/mol. The Labute approximate surface area is 305 Å². The lowest BCUT2D eigenvalue weighted by Gasteiger charge is -2.71. The zero-order valence-corrected chi connectivity index (χ0v) is 31.0. The zero-order chi connectivity index (χ0) is 35.8. The number of methoxy groups -OCH3 is 1. The Morgan fingerprint density at radius 3 is 2.33 bits per heavy atom. The van der Waals surface area contributed by atoms with Gasteiger partial charge in [-0.05, 0) is 111 Å². The molecule has 8 unspecified atom stereocenters. The van der Waals surface area contributed by atoms with E-state index in [0.29, 0.717) is 30.8 Å². The number of ether oxygens (including phenoxy) is 1. The number of benzene rings is 2. The van der Waals surface area contributed by atoms with Gasteiger partial charge in [0.25, 0.3) is 0 Å². The summed E-state index contributed by atoms with van der Waals surface area (Å²) >= 11 is 1.55. The van der Waals surface area contributed by atoms with Gasteiger partial charge in [-0.25, -0.2) is 4.79 Å². The SMILES string of the molecule is COc1ccc(NC(=O)N(Cc2ccccc2)CC2(O)CCC3C45C=CC6(C=C4C(=O)c4ccc(C)s4)CC(O)CCC6(C)C5CCC32C)cc1. The second-order valence-corrected chi connectivity index (χ2v) is 17.8. The van der Waals surface area contributed by atoms with Crippen LogP contribution in [0.3, 0.4) is 0 Å². The number of Topliss-reactive ketones (excluding diaryl/α,β-unsaturated/α-hetero) is 1. The number of aliphatic hydroxyl groups excluding tert-OH is 1. The fraction of sp³-hybridized carbons (Fsp3) is 0.488. The van der Waals surface area contributed by atoms with Crippen LogP contribution in [0.4, 0.5) is 10.5 Å². The van der Waals surface area contributed by atoms with E-state index in [4.69, 9.17) is 4.74 Å². The van der Waals surface area contributed by atoms with Crippen LogP contribution < -0.4 is 10.1 Å². The van der Waals surface area contributed by atoms with Crippen molar-refractivity contribution >= 4 is 28.8 Å². The molecule has 51 heavy (non-hydrogen) atoms. The lowest BCUT2D eigenvalue weighted by molar-refractivity contribution is -0.174. The molecule has 1 aromatic heterocycles.